The van der Waals surface area contributed by atoms with Crippen LogP contribution in [-0.4, -0.2) is 49.3 Å². The fourth-order valence-electron chi connectivity index (χ4n) is 4.60. The molecule has 1 heterocycles. The Morgan fingerprint density at radius 1 is 1.20 bits per heavy atom. The molecule has 3 unspecified atom stereocenters. The normalized spacial score (nSPS) is 34.5. The highest BCUT2D eigenvalue weighted by molar-refractivity contribution is 5.12. The highest BCUT2D eigenvalue weighted by Crippen LogP contribution is 2.57. The summed E-state index contributed by atoms with van der Waals surface area (Å²) in [6, 6.07) is 1.34. The van der Waals surface area contributed by atoms with Gasteiger partial charge in [-0.05, 0) is 59.0 Å². The Bertz CT molecular complexity index is 310. The largest absolute Gasteiger partial charge is 0.378 e. The first-order chi connectivity index (χ1) is 9.74. The van der Waals surface area contributed by atoms with Crippen molar-refractivity contribution in [3.63, 3.8) is 0 Å². The summed E-state index contributed by atoms with van der Waals surface area (Å²) in [6.07, 6.45) is 10.2. The third-order valence-electron chi connectivity index (χ3n) is 5.90. The summed E-state index contributed by atoms with van der Waals surface area (Å²) >= 11 is 0. The van der Waals surface area contributed by atoms with E-state index in [1.165, 1.54) is 64.6 Å². The molecule has 1 N–H and O–H groups in total. The predicted octanol–water partition coefficient (Wildman–Crippen LogP) is 2.80. The molecule has 116 valence electrons. The maximum atomic E-state index is 5.95. The highest BCUT2D eigenvalue weighted by Gasteiger charge is 2.58. The average molecular weight is 280 g/mol. The Labute approximate surface area is 124 Å². The number of rotatable bonds is 6. The van der Waals surface area contributed by atoms with E-state index >= 15 is 0 Å². The minimum absolute atomic E-state index is 0.506. The number of likely N-dealkylation sites (tertiary alicyclic amines) is 1. The van der Waals surface area contributed by atoms with Crippen LogP contribution in [0.2, 0.25) is 0 Å². The Morgan fingerprint density at radius 3 is 2.55 bits per heavy atom. The van der Waals surface area contributed by atoms with Crippen LogP contribution in [0.15, 0.2) is 0 Å². The topological polar surface area (TPSA) is 24.5 Å². The van der Waals surface area contributed by atoms with Crippen LogP contribution >= 0.6 is 0 Å². The van der Waals surface area contributed by atoms with Crippen molar-refractivity contribution in [1.29, 1.82) is 0 Å². The second-order valence-corrected chi connectivity index (χ2v) is 7.25. The van der Waals surface area contributed by atoms with Crippen LogP contribution in [0.4, 0.5) is 0 Å². The number of nitrogens with zero attached hydrogens (tertiary/aromatic N) is 1. The molecule has 20 heavy (non-hydrogen) atoms. The van der Waals surface area contributed by atoms with Crippen molar-refractivity contribution >= 4 is 0 Å². The van der Waals surface area contributed by atoms with E-state index < -0.39 is 0 Å². The smallest absolute Gasteiger partial charge is 0.0661 e. The predicted molar refractivity (Wildman–Crippen MR) is 83.0 cm³/mol. The van der Waals surface area contributed by atoms with Crippen molar-refractivity contribution in [3.05, 3.63) is 0 Å². The Kier molecular flexibility index (Phi) is 4.68. The summed E-state index contributed by atoms with van der Waals surface area (Å²) in [5.74, 6) is 0. The standard InChI is InChI=1S/C17H32N2O/c1-3-20-16-12-15(17(16)8-7-9-17)18-14(2)13-19-10-5-4-6-11-19/h14-16,18H,3-13H2,1-2H3. The SMILES string of the molecule is CCOC1CC(NC(C)CN2CCCCC2)C12CCC2. The van der Waals surface area contributed by atoms with E-state index in [9.17, 15) is 0 Å². The number of ether oxygens (including phenoxy) is 1. The number of piperidine rings is 1. The summed E-state index contributed by atoms with van der Waals surface area (Å²) < 4.78 is 5.95. The molecule has 2 saturated carbocycles. The first-order valence-electron chi connectivity index (χ1n) is 8.84. The summed E-state index contributed by atoms with van der Waals surface area (Å²) in [5.41, 5.74) is 0.506. The monoisotopic (exact) mass is 280 g/mol. The highest BCUT2D eigenvalue weighted by atomic mass is 16.5. The second kappa shape index (κ2) is 6.33. The van der Waals surface area contributed by atoms with E-state index in [-0.39, 0.29) is 0 Å². The van der Waals surface area contributed by atoms with Gasteiger partial charge in [0.15, 0.2) is 0 Å². The van der Waals surface area contributed by atoms with Gasteiger partial charge in [0.05, 0.1) is 6.10 Å². The average Bonchev–Trinajstić information content (AvgIpc) is 2.36. The zero-order chi connectivity index (χ0) is 14.0. The minimum Gasteiger partial charge on any atom is -0.378 e. The molecule has 1 aliphatic heterocycles. The van der Waals surface area contributed by atoms with Gasteiger partial charge in [-0.3, -0.25) is 0 Å². The van der Waals surface area contributed by atoms with Crippen LogP contribution in [0.25, 0.3) is 0 Å². The molecular weight excluding hydrogens is 248 g/mol. The molecule has 3 fully saturated rings. The Morgan fingerprint density at radius 2 is 1.95 bits per heavy atom. The third-order valence-corrected chi connectivity index (χ3v) is 5.90. The molecule has 0 aromatic heterocycles. The second-order valence-electron chi connectivity index (χ2n) is 7.25. The summed E-state index contributed by atoms with van der Waals surface area (Å²) in [7, 11) is 0. The van der Waals surface area contributed by atoms with E-state index in [2.05, 4.69) is 24.1 Å². The van der Waals surface area contributed by atoms with Crippen LogP contribution < -0.4 is 5.32 Å². The lowest BCUT2D eigenvalue weighted by molar-refractivity contribution is -0.174. The first kappa shape index (κ1) is 14.8. The molecule has 0 radical (unpaired) electrons. The van der Waals surface area contributed by atoms with Crippen LogP contribution in [0.1, 0.15) is 58.8 Å². The number of nitrogens with one attached hydrogen (secondary N) is 1. The minimum atomic E-state index is 0.506. The van der Waals surface area contributed by atoms with Gasteiger partial charge < -0.3 is 15.0 Å². The van der Waals surface area contributed by atoms with Crippen LogP contribution in [-0.2, 0) is 4.74 Å². The lowest BCUT2D eigenvalue weighted by Gasteiger charge is -2.61. The molecule has 0 aromatic rings. The Balaban J connectivity index is 1.45. The van der Waals surface area contributed by atoms with Crippen LogP contribution in [0.5, 0.6) is 0 Å². The molecule has 1 spiro atoms. The van der Waals surface area contributed by atoms with Crippen LogP contribution in [0, 0.1) is 5.41 Å². The fraction of sp³-hybridized carbons (Fsp3) is 1.00. The van der Waals surface area contributed by atoms with E-state index in [0.717, 1.165) is 6.61 Å². The van der Waals surface area contributed by atoms with Gasteiger partial charge in [0.2, 0.25) is 0 Å². The number of hydrogen-bond acceptors (Lipinski definition) is 3. The van der Waals surface area contributed by atoms with Gasteiger partial charge in [0.1, 0.15) is 0 Å². The van der Waals surface area contributed by atoms with Gasteiger partial charge >= 0.3 is 0 Å². The molecule has 0 bridgehead atoms. The van der Waals surface area contributed by atoms with Crippen molar-refractivity contribution in [1.82, 2.24) is 10.2 Å². The van der Waals surface area contributed by atoms with Crippen molar-refractivity contribution in [3.8, 4) is 0 Å². The fourth-order valence-corrected chi connectivity index (χ4v) is 4.60. The van der Waals surface area contributed by atoms with Crippen molar-refractivity contribution in [2.45, 2.75) is 77.0 Å². The third kappa shape index (κ3) is 2.77. The summed E-state index contributed by atoms with van der Waals surface area (Å²) in [4.78, 5) is 2.65. The lowest BCUT2D eigenvalue weighted by atomic mass is 9.51. The quantitative estimate of drug-likeness (QED) is 0.810. The molecule has 3 rings (SSSR count). The summed E-state index contributed by atoms with van der Waals surface area (Å²) in [5, 5.41) is 3.92. The first-order valence-corrected chi connectivity index (χ1v) is 8.84. The molecule has 3 heteroatoms. The zero-order valence-electron chi connectivity index (χ0n) is 13.4. The van der Waals surface area contributed by atoms with E-state index in [1.54, 1.807) is 0 Å². The molecule has 0 aromatic carbocycles. The molecule has 3 aliphatic rings. The van der Waals surface area contributed by atoms with E-state index in [4.69, 9.17) is 4.74 Å². The lowest BCUT2D eigenvalue weighted by Crippen LogP contribution is -2.68. The molecular formula is C17H32N2O. The van der Waals surface area contributed by atoms with E-state index in [0.29, 0.717) is 23.6 Å². The van der Waals surface area contributed by atoms with Gasteiger partial charge in [-0.25, -0.2) is 0 Å². The van der Waals surface area contributed by atoms with Crippen molar-refractivity contribution < 1.29 is 4.74 Å². The zero-order valence-corrected chi connectivity index (χ0v) is 13.4. The molecule has 3 atom stereocenters. The van der Waals surface area contributed by atoms with Gasteiger partial charge in [-0.15, -0.1) is 0 Å². The van der Waals surface area contributed by atoms with Crippen molar-refractivity contribution in [2.75, 3.05) is 26.2 Å². The van der Waals surface area contributed by atoms with Gasteiger partial charge in [0, 0.05) is 30.7 Å². The van der Waals surface area contributed by atoms with Crippen LogP contribution in [0.3, 0.4) is 0 Å². The van der Waals surface area contributed by atoms with Gasteiger partial charge in [-0.2, -0.15) is 0 Å². The molecule has 3 nitrogen and oxygen atoms in total. The van der Waals surface area contributed by atoms with E-state index in [1.807, 2.05) is 0 Å². The van der Waals surface area contributed by atoms with Gasteiger partial charge in [0.25, 0.3) is 0 Å². The Hall–Kier alpha value is -0.120. The van der Waals surface area contributed by atoms with Gasteiger partial charge in [-0.1, -0.05) is 12.8 Å². The maximum absolute atomic E-state index is 5.95. The maximum Gasteiger partial charge on any atom is 0.0661 e. The van der Waals surface area contributed by atoms with Crippen molar-refractivity contribution in [2.24, 2.45) is 5.41 Å². The number of hydrogen-bond donors (Lipinski definition) is 1. The summed E-state index contributed by atoms with van der Waals surface area (Å²) in [6.45, 7) is 9.22. The molecule has 2 aliphatic carbocycles. The molecule has 1 saturated heterocycles. The molecule has 0 amide bonds.